The molecule has 4 rings (SSSR count). The van der Waals surface area contributed by atoms with Crippen LogP contribution >= 0.6 is 11.6 Å². The summed E-state index contributed by atoms with van der Waals surface area (Å²) in [5.41, 5.74) is 6.79. The van der Waals surface area contributed by atoms with Crippen LogP contribution in [0.25, 0.3) is 6.08 Å². The second-order valence-corrected chi connectivity index (χ2v) is 8.70. The van der Waals surface area contributed by atoms with Gasteiger partial charge in [0.15, 0.2) is 0 Å². The Labute approximate surface area is 197 Å². The number of aromatic nitrogens is 1. The largest absolute Gasteiger partial charge is 0.588 e. The average molecular weight is 484 g/mol. The number of pyridine rings is 1. The maximum atomic E-state index is 12.7. The fourth-order valence-corrected chi connectivity index (χ4v) is 4.18. The number of carbonyl (C=O) groups excluding carboxylic acids is 2. The van der Waals surface area contributed by atoms with Gasteiger partial charge in [0.2, 0.25) is 16.6 Å². The summed E-state index contributed by atoms with van der Waals surface area (Å²) in [4.78, 5) is 38.1. The Morgan fingerprint density at radius 1 is 1.09 bits per heavy atom. The molecule has 0 radical (unpaired) electrons. The van der Waals surface area contributed by atoms with Gasteiger partial charge in [0.1, 0.15) is 11.4 Å². The lowest BCUT2D eigenvalue weighted by Crippen LogP contribution is -2.36. The van der Waals surface area contributed by atoms with Gasteiger partial charge in [-0.05, 0) is 48.0 Å². The van der Waals surface area contributed by atoms with E-state index in [2.05, 4.69) is 4.98 Å². The van der Waals surface area contributed by atoms with Gasteiger partial charge in [-0.3, -0.25) is 14.6 Å². The zero-order chi connectivity index (χ0) is 24.1. The van der Waals surface area contributed by atoms with Gasteiger partial charge < -0.3 is 15.4 Å². The molecule has 0 bridgehead atoms. The summed E-state index contributed by atoms with van der Waals surface area (Å²) < 4.78 is 14.0. The van der Waals surface area contributed by atoms with E-state index in [1.54, 1.807) is 43.4 Å². The molecule has 2 aromatic carbocycles. The first kappa shape index (κ1) is 24.0. The number of carbonyl (C=O) groups is 3. The molecule has 0 saturated heterocycles. The van der Waals surface area contributed by atoms with Crippen LogP contribution in [0.5, 0.6) is 0 Å². The molecule has 1 amide bonds. The molecule has 168 valence electrons. The number of carboxylic acids is 1. The molecule has 10 heteroatoms. The van der Waals surface area contributed by atoms with E-state index >= 15 is 0 Å². The summed E-state index contributed by atoms with van der Waals surface area (Å²) in [6.07, 6.45) is 4.59. The number of nitrogens with zero attached hydrogens (tertiary/aromatic N) is 2. The van der Waals surface area contributed by atoms with Crippen molar-refractivity contribution in [2.75, 3.05) is 11.4 Å². The second kappa shape index (κ2) is 10.3. The second-order valence-electron chi connectivity index (χ2n) is 6.77. The molecule has 0 spiro atoms. The standard InChI is InChI=1S/C17H12ClNO4S.C6H6N2O/c1-19-14-7-4-11(17(21)22)9-13(14)16(20)15(24(19)23)8-10-2-5-12(18)6-3-10;7-6(9)5-1-3-8-4-2-5/h2-9H,1H3,(H,21,22);1-4H,(H2,7,9)/b15-8-;. The number of halogens is 1. The lowest BCUT2D eigenvalue weighted by Gasteiger charge is -2.29. The predicted octanol–water partition coefficient (Wildman–Crippen LogP) is 3.56. The predicted molar refractivity (Wildman–Crippen MR) is 126 cm³/mol. The Morgan fingerprint density at radius 2 is 1.73 bits per heavy atom. The number of aromatic carboxylic acids is 1. The van der Waals surface area contributed by atoms with Crippen LogP contribution in [0.1, 0.15) is 36.6 Å². The third-order valence-corrected chi connectivity index (χ3v) is 6.25. The minimum atomic E-state index is -1.67. The first-order chi connectivity index (χ1) is 15.7. The number of anilines is 1. The summed E-state index contributed by atoms with van der Waals surface area (Å²) >= 11 is 4.16. The van der Waals surface area contributed by atoms with Gasteiger partial charge in [-0.2, -0.15) is 4.31 Å². The highest BCUT2D eigenvalue weighted by Crippen LogP contribution is 2.35. The zero-order valence-electron chi connectivity index (χ0n) is 17.3. The van der Waals surface area contributed by atoms with E-state index in [-0.39, 0.29) is 16.0 Å². The van der Waals surface area contributed by atoms with Gasteiger partial charge in [0.25, 0.3) is 0 Å². The molecule has 33 heavy (non-hydrogen) atoms. The number of Topliss-reactive ketones (excluding diaryl/α,β-unsaturated/α-hetero) is 1. The van der Waals surface area contributed by atoms with Crippen molar-refractivity contribution in [3.05, 3.63) is 99.2 Å². The zero-order valence-corrected chi connectivity index (χ0v) is 18.8. The number of amides is 1. The fraction of sp³-hybridized carbons (Fsp3) is 0.0435. The van der Waals surface area contributed by atoms with Crippen LogP contribution in [-0.4, -0.2) is 39.4 Å². The molecular formula is C23H18ClN3O5S. The number of fused-ring (bicyclic) bond motifs is 1. The van der Waals surface area contributed by atoms with Crippen LogP contribution in [0, 0.1) is 0 Å². The maximum absolute atomic E-state index is 12.7. The molecule has 2 heterocycles. The van der Waals surface area contributed by atoms with Gasteiger partial charge in [0.05, 0.1) is 23.9 Å². The Hall–Kier alpha value is -3.66. The number of allylic oxidation sites excluding steroid dienone is 1. The van der Waals surface area contributed by atoms with Crippen LogP contribution in [0.15, 0.2) is 71.9 Å². The lowest BCUT2D eigenvalue weighted by atomic mass is 10.0. The highest BCUT2D eigenvalue weighted by atomic mass is 35.5. The normalized spacial score (nSPS) is 16.0. The van der Waals surface area contributed by atoms with E-state index < -0.39 is 29.0 Å². The molecule has 1 unspecified atom stereocenters. The molecule has 0 saturated carbocycles. The van der Waals surface area contributed by atoms with Crippen molar-refractivity contribution < 1.29 is 24.0 Å². The average Bonchev–Trinajstić information content (AvgIpc) is 2.82. The van der Waals surface area contributed by atoms with Crippen molar-refractivity contribution in [2.45, 2.75) is 0 Å². The van der Waals surface area contributed by atoms with E-state index in [9.17, 15) is 18.9 Å². The van der Waals surface area contributed by atoms with Gasteiger partial charge in [-0.1, -0.05) is 23.7 Å². The summed E-state index contributed by atoms with van der Waals surface area (Å²) in [6, 6.07) is 14.1. The number of primary amides is 1. The number of rotatable bonds is 3. The number of hydrogen-bond donors (Lipinski definition) is 2. The van der Waals surface area contributed by atoms with Crippen LogP contribution in [0.2, 0.25) is 5.02 Å². The molecule has 1 aromatic heterocycles. The van der Waals surface area contributed by atoms with Gasteiger partial charge in [-0.15, -0.1) is 0 Å². The third kappa shape index (κ3) is 5.58. The van der Waals surface area contributed by atoms with E-state index in [4.69, 9.17) is 22.4 Å². The van der Waals surface area contributed by atoms with Gasteiger partial charge in [-0.25, -0.2) is 4.79 Å². The van der Waals surface area contributed by atoms with Crippen molar-refractivity contribution in [1.29, 1.82) is 0 Å². The Morgan fingerprint density at radius 3 is 2.27 bits per heavy atom. The summed E-state index contributed by atoms with van der Waals surface area (Å²) in [5, 5.41) is 9.66. The maximum Gasteiger partial charge on any atom is 0.335 e. The van der Waals surface area contributed by atoms with E-state index in [1.165, 1.54) is 41.0 Å². The first-order valence-electron chi connectivity index (χ1n) is 9.43. The number of benzene rings is 2. The summed E-state index contributed by atoms with van der Waals surface area (Å²) in [7, 11) is 1.59. The topological polar surface area (TPSA) is 137 Å². The first-order valence-corrected chi connectivity index (χ1v) is 10.9. The number of ketones is 1. The Bertz CT molecular complexity index is 1230. The van der Waals surface area contributed by atoms with Crippen molar-refractivity contribution in [2.24, 2.45) is 5.73 Å². The number of hydrogen-bond acceptors (Lipinski definition) is 6. The number of nitrogens with two attached hydrogens (primary N) is 1. The van der Waals surface area contributed by atoms with E-state index in [0.717, 1.165) is 0 Å². The molecule has 3 N–H and O–H groups in total. The van der Waals surface area contributed by atoms with Crippen molar-refractivity contribution in [3.8, 4) is 0 Å². The van der Waals surface area contributed by atoms with E-state index in [0.29, 0.717) is 21.8 Å². The fourth-order valence-electron chi connectivity index (χ4n) is 2.92. The Balaban J connectivity index is 0.000000286. The molecule has 0 aliphatic carbocycles. The molecule has 1 aliphatic rings. The van der Waals surface area contributed by atoms with Crippen molar-refractivity contribution in [1.82, 2.24) is 4.98 Å². The third-order valence-electron chi connectivity index (χ3n) is 4.62. The van der Waals surface area contributed by atoms with Crippen molar-refractivity contribution >= 4 is 52.4 Å². The lowest BCUT2D eigenvalue weighted by molar-refractivity contribution is 0.0696. The van der Waals surface area contributed by atoms with Crippen LogP contribution < -0.4 is 10.0 Å². The quantitative estimate of drug-likeness (QED) is 0.429. The van der Waals surface area contributed by atoms with E-state index in [1.807, 2.05) is 0 Å². The summed E-state index contributed by atoms with van der Waals surface area (Å²) in [6.45, 7) is 0. The molecule has 0 fully saturated rings. The molecule has 1 atom stereocenters. The molecule has 8 nitrogen and oxygen atoms in total. The van der Waals surface area contributed by atoms with Gasteiger partial charge in [0, 0.05) is 29.1 Å². The van der Waals surface area contributed by atoms with Gasteiger partial charge >= 0.3 is 5.97 Å². The van der Waals surface area contributed by atoms with Crippen LogP contribution in [0.3, 0.4) is 0 Å². The monoisotopic (exact) mass is 483 g/mol. The summed E-state index contributed by atoms with van der Waals surface area (Å²) in [5.74, 6) is -1.99. The molecule has 3 aromatic rings. The van der Waals surface area contributed by atoms with Crippen LogP contribution in [0.4, 0.5) is 5.69 Å². The molecular weight excluding hydrogens is 466 g/mol. The smallest absolute Gasteiger partial charge is 0.335 e. The molecule has 1 aliphatic heterocycles. The minimum absolute atomic E-state index is 0.00836. The van der Waals surface area contributed by atoms with Crippen molar-refractivity contribution in [3.63, 3.8) is 0 Å². The Kier molecular flexibility index (Phi) is 7.49. The van der Waals surface area contributed by atoms with Crippen LogP contribution in [-0.2, 0) is 11.4 Å². The SMILES string of the molecule is CN1c2ccc(C(=O)O)cc2C(=O)/C(=C/c2ccc(Cl)cc2)[S+]1[O-].NC(=O)c1ccncc1. The minimum Gasteiger partial charge on any atom is -0.588 e. The number of carboxylic acid groups (broad SMARTS) is 1. The highest BCUT2D eigenvalue weighted by molar-refractivity contribution is 7.97. The highest BCUT2D eigenvalue weighted by Gasteiger charge is 2.38.